The van der Waals surface area contributed by atoms with Crippen molar-refractivity contribution >= 4 is 13.5 Å². The van der Waals surface area contributed by atoms with Crippen molar-refractivity contribution in [2.75, 3.05) is 0 Å². The van der Waals surface area contributed by atoms with E-state index in [9.17, 15) is 4.79 Å². The summed E-state index contributed by atoms with van der Waals surface area (Å²) in [4.78, 5) is 10.9. The highest BCUT2D eigenvalue weighted by atomic mass is 16.1. The molecule has 2 radical (unpaired) electrons. The lowest BCUT2D eigenvalue weighted by molar-refractivity contribution is 0.108. The Bertz CT molecular complexity index is 460. The van der Waals surface area contributed by atoms with Gasteiger partial charge in [0.1, 0.15) is 5.68 Å². The largest absolute Gasteiger partial charge is 0.307 e. The van der Waals surface area contributed by atoms with E-state index in [0.717, 1.165) is 11.1 Å². The zero-order chi connectivity index (χ0) is 10.7. The second-order valence-corrected chi connectivity index (χ2v) is 3.31. The average molecular weight is 192 g/mol. The van der Waals surface area contributed by atoms with Crippen molar-refractivity contribution in [3.8, 4) is 11.1 Å². The lowest BCUT2D eigenvalue weighted by Crippen LogP contribution is -1.96. The quantitative estimate of drug-likeness (QED) is 0.668. The summed E-state index contributed by atoms with van der Waals surface area (Å²) in [5.41, 5.74) is 2.36. The molecule has 2 aromatic carbocycles. The minimum atomic E-state index is -0.394. The molecule has 0 saturated heterocycles. The maximum atomic E-state index is 10.9. The molecule has 0 aromatic heterocycles. The summed E-state index contributed by atoms with van der Waals surface area (Å²) in [6, 6.07) is 17.3. The van der Waals surface area contributed by atoms with E-state index in [1.807, 2.05) is 42.5 Å². The van der Waals surface area contributed by atoms with Crippen LogP contribution in [0.25, 0.3) is 11.1 Å². The molecular weight excluding hydrogens is 183 g/mol. The summed E-state index contributed by atoms with van der Waals surface area (Å²) >= 11 is 0. The second kappa shape index (κ2) is 4.14. The van der Waals surface area contributed by atoms with Crippen LogP contribution >= 0.6 is 0 Å². The van der Waals surface area contributed by atoms with Crippen LogP contribution in [0.5, 0.6) is 0 Å². The van der Waals surface area contributed by atoms with E-state index in [1.165, 1.54) is 0 Å². The Balaban J connectivity index is 2.36. The third kappa shape index (κ3) is 2.16. The molecule has 0 aliphatic carbocycles. The molecule has 0 unspecified atom stereocenters. The number of rotatable bonds is 2. The predicted molar refractivity (Wildman–Crippen MR) is 62.0 cm³/mol. The van der Waals surface area contributed by atoms with Crippen LogP contribution in [-0.2, 0) is 0 Å². The van der Waals surface area contributed by atoms with Crippen molar-refractivity contribution in [2.45, 2.75) is 0 Å². The van der Waals surface area contributed by atoms with Crippen LogP contribution in [0.4, 0.5) is 0 Å². The summed E-state index contributed by atoms with van der Waals surface area (Å²) in [6.45, 7) is 0. The Kier molecular flexibility index (Phi) is 2.68. The maximum absolute atomic E-state index is 10.9. The second-order valence-electron chi connectivity index (χ2n) is 3.31. The Morgan fingerprint density at radius 3 is 1.87 bits per heavy atom. The van der Waals surface area contributed by atoms with Crippen molar-refractivity contribution in [3.63, 3.8) is 0 Å². The van der Waals surface area contributed by atoms with Crippen LogP contribution in [0.15, 0.2) is 54.6 Å². The van der Waals surface area contributed by atoms with E-state index in [1.54, 1.807) is 12.1 Å². The highest BCUT2D eigenvalue weighted by molar-refractivity contribution is 6.62. The van der Waals surface area contributed by atoms with Gasteiger partial charge in [-0.3, -0.25) is 0 Å². The van der Waals surface area contributed by atoms with Crippen LogP contribution in [0.1, 0.15) is 10.4 Å². The standard InChI is InChI=1S/C13H9BO/c14-13(15)12-8-6-11(7-9-12)10-4-2-1-3-5-10/h1-9H. The van der Waals surface area contributed by atoms with E-state index in [0.29, 0.717) is 5.56 Å². The first-order valence-corrected chi connectivity index (χ1v) is 4.72. The number of hydrogen-bond donors (Lipinski definition) is 0. The van der Waals surface area contributed by atoms with Gasteiger partial charge in [-0.25, -0.2) is 0 Å². The molecule has 0 bridgehead atoms. The number of hydrogen-bond acceptors (Lipinski definition) is 1. The fourth-order valence-electron chi connectivity index (χ4n) is 1.46. The normalized spacial score (nSPS) is 9.87. The first-order valence-electron chi connectivity index (χ1n) is 4.72. The molecule has 2 heteroatoms. The molecule has 0 aliphatic heterocycles. The Morgan fingerprint density at radius 2 is 1.33 bits per heavy atom. The fourth-order valence-corrected chi connectivity index (χ4v) is 1.46. The van der Waals surface area contributed by atoms with Gasteiger partial charge in [0.15, 0.2) is 7.85 Å². The Morgan fingerprint density at radius 1 is 0.800 bits per heavy atom. The van der Waals surface area contributed by atoms with Gasteiger partial charge in [-0.05, 0) is 11.1 Å². The summed E-state index contributed by atoms with van der Waals surface area (Å²) in [7, 11) is 5.16. The van der Waals surface area contributed by atoms with Crippen molar-refractivity contribution < 1.29 is 4.79 Å². The Hall–Kier alpha value is -1.83. The van der Waals surface area contributed by atoms with Crippen molar-refractivity contribution in [2.24, 2.45) is 0 Å². The molecule has 0 heterocycles. The molecule has 0 fully saturated rings. The molecule has 2 rings (SSSR count). The van der Waals surface area contributed by atoms with Gasteiger partial charge in [-0.1, -0.05) is 54.6 Å². The SMILES string of the molecule is [B]C(=O)c1ccc(-c2ccccc2)cc1. The molecule has 0 amide bonds. The van der Waals surface area contributed by atoms with Crippen molar-refractivity contribution in [1.29, 1.82) is 0 Å². The maximum Gasteiger partial charge on any atom is 0.175 e. The summed E-state index contributed by atoms with van der Waals surface area (Å²) < 4.78 is 0. The highest BCUT2D eigenvalue weighted by Crippen LogP contribution is 2.18. The fraction of sp³-hybridized carbons (Fsp3) is 0. The van der Waals surface area contributed by atoms with E-state index in [-0.39, 0.29) is 0 Å². The molecule has 0 saturated carbocycles. The van der Waals surface area contributed by atoms with Gasteiger partial charge >= 0.3 is 0 Å². The predicted octanol–water partition coefficient (Wildman–Crippen LogP) is 2.66. The lowest BCUT2D eigenvalue weighted by Gasteiger charge is -2.02. The van der Waals surface area contributed by atoms with Gasteiger partial charge in [0.05, 0.1) is 0 Å². The number of carbonyl (C=O) groups is 1. The number of carbonyl (C=O) groups excluding carboxylic acids is 1. The molecule has 0 aliphatic rings. The zero-order valence-electron chi connectivity index (χ0n) is 8.18. The lowest BCUT2D eigenvalue weighted by atomic mass is 9.93. The molecule has 2 aromatic rings. The molecule has 1 nitrogen and oxygen atoms in total. The van der Waals surface area contributed by atoms with Crippen molar-refractivity contribution in [3.05, 3.63) is 60.2 Å². The third-order valence-electron chi connectivity index (χ3n) is 2.28. The topological polar surface area (TPSA) is 17.1 Å². The highest BCUT2D eigenvalue weighted by Gasteiger charge is 1.99. The number of benzene rings is 2. The minimum Gasteiger partial charge on any atom is -0.307 e. The average Bonchev–Trinajstić information content (AvgIpc) is 2.30. The molecular formula is C13H9BO. The first-order chi connectivity index (χ1) is 7.27. The van der Waals surface area contributed by atoms with Gasteiger partial charge < -0.3 is 4.79 Å². The molecule has 0 N–H and O–H groups in total. The molecule has 0 atom stereocenters. The van der Waals surface area contributed by atoms with E-state index < -0.39 is 5.68 Å². The smallest absolute Gasteiger partial charge is 0.175 e. The molecule has 15 heavy (non-hydrogen) atoms. The van der Waals surface area contributed by atoms with Crippen LogP contribution < -0.4 is 0 Å². The van der Waals surface area contributed by atoms with Gasteiger partial charge in [-0.15, -0.1) is 0 Å². The van der Waals surface area contributed by atoms with Crippen LogP contribution in [0, 0.1) is 0 Å². The van der Waals surface area contributed by atoms with Crippen LogP contribution in [0.3, 0.4) is 0 Å². The summed E-state index contributed by atoms with van der Waals surface area (Å²) in [5.74, 6) is 0. The summed E-state index contributed by atoms with van der Waals surface area (Å²) in [5, 5.41) is 0. The van der Waals surface area contributed by atoms with E-state index in [4.69, 9.17) is 7.85 Å². The zero-order valence-corrected chi connectivity index (χ0v) is 8.18. The third-order valence-corrected chi connectivity index (χ3v) is 2.28. The van der Waals surface area contributed by atoms with E-state index in [2.05, 4.69) is 0 Å². The summed E-state index contributed by atoms with van der Waals surface area (Å²) in [6.07, 6.45) is 0. The van der Waals surface area contributed by atoms with Gasteiger partial charge in [0, 0.05) is 5.56 Å². The van der Waals surface area contributed by atoms with Gasteiger partial charge in [0.2, 0.25) is 0 Å². The Labute approximate surface area is 90.2 Å². The minimum absolute atomic E-state index is 0.394. The van der Waals surface area contributed by atoms with Crippen LogP contribution in [-0.4, -0.2) is 13.5 Å². The van der Waals surface area contributed by atoms with Gasteiger partial charge in [0.25, 0.3) is 0 Å². The molecule has 0 spiro atoms. The first kappa shape index (κ1) is 9.72. The van der Waals surface area contributed by atoms with Crippen LogP contribution in [0.2, 0.25) is 0 Å². The van der Waals surface area contributed by atoms with Crippen molar-refractivity contribution in [1.82, 2.24) is 0 Å². The van der Waals surface area contributed by atoms with E-state index >= 15 is 0 Å². The molecule has 70 valence electrons. The van der Waals surface area contributed by atoms with Gasteiger partial charge in [-0.2, -0.15) is 0 Å². The monoisotopic (exact) mass is 192 g/mol.